The van der Waals surface area contributed by atoms with Gasteiger partial charge >= 0.3 is 0 Å². The lowest BCUT2D eigenvalue weighted by molar-refractivity contribution is 0.241. The average Bonchev–Trinajstić information content (AvgIpc) is 2.15. The van der Waals surface area contributed by atoms with Crippen molar-refractivity contribution in [3.63, 3.8) is 0 Å². The third-order valence-corrected chi connectivity index (χ3v) is 2.06. The molecule has 0 aliphatic heterocycles. The molecule has 0 bridgehead atoms. The number of hydrogen-bond donors (Lipinski definition) is 2. The van der Waals surface area contributed by atoms with Gasteiger partial charge in [-0.25, -0.2) is 0 Å². The van der Waals surface area contributed by atoms with E-state index in [0.29, 0.717) is 5.70 Å². The minimum absolute atomic E-state index is 0.137. The first-order valence-electron chi connectivity index (χ1n) is 4.96. The van der Waals surface area contributed by atoms with Gasteiger partial charge in [-0.15, -0.1) is 0 Å². The van der Waals surface area contributed by atoms with Crippen LogP contribution in [-0.4, -0.2) is 12.6 Å². The summed E-state index contributed by atoms with van der Waals surface area (Å²) < 4.78 is 5.36. The van der Waals surface area contributed by atoms with Crippen LogP contribution < -0.4 is 11.5 Å². The first kappa shape index (κ1) is 10.9. The number of hydrogen-bond acceptors (Lipinski definition) is 3. The van der Waals surface area contributed by atoms with E-state index in [9.17, 15) is 0 Å². The highest BCUT2D eigenvalue weighted by Crippen LogP contribution is 2.11. The first-order valence-corrected chi connectivity index (χ1v) is 4.96. The minimum atomic E-state index is -0.137. The van der Waals surface area contributed by atoms with Gasteiger partial charge in [-0.3, -0.25) is 0 Å². The molecule has 0 saturated carbocycles. The van der Waals surface area contributed by atoms with Gasteiger partial charge in [0.25, 0.3) is 0 Å². The van der Waals surface area contributed by atoms with Gasteiger partial charge in [0.2, 0.25) is 0 Å². The Kier molecular flexibility index (Phi) is 4.26. The largest absolute Gasteiger partial charge is 0.501 e. The van der Waals surface area contributed by atoms with Crippen molar-refractivity contribution in [1.82, 2.24) is 0 Å². The molecule has 0 spiro atoms. The molecule has 0 radical (unpaired) electrons. The van der Waals surface area contributed by atoms with E-state index in [2.05, 4.69) is 6.92 Å². The van der Waals surface area contributed by atoms with E-state index in [1.165, 1.54) is 0 Å². The molecule has 0 amide bonds. The summed E-state index contributed by atoms with van der Waals surface area (Å²) in [6.45, 7) is 2.88. The second-order valence-corrected chi connectivity index (χ2v) is 3.37. The Morgan fingerprint density at radius 2 is 2.29 bits per heavy atom. The Morgan fingerprint density at radius 3 is 2.93 bits per heavy atom. The van der Waals surface area contributed by atoms with Crippen molar-refractivity contribution in [2.45, 2.75) is 25.8 Å². The van der Waals surface area contributed by atoms with E-state index in [1.807, 2.05) is 18.2 Å². The lowest BCUT2D eigenvalue weighted by Crippen LogP contribution is -2.23. The molecular formula is C11H18N2O. The highest BCUT2D eigenvalue weighted by molar-refractivity contribution is 5.38. The summed E-state index contributed by atoms with van der Waals surface area (Å²) >= 11 is 0. The lowest BCUT2D eigenvalue weighted by Gasteiger charge is -2.13. The van der Waals surface area contributed by atoms with Gasteiger partial charge in [-0.1, -0.05) is 19.4 Å². The SMILES string of the molecule is CCCCO/C=C1/C=CC(N)=CC1N. The first-order chi connectivity index (χ1) is 6.74. The summed E-state index contributed by atoms with van der Waals surface area (Å²) in [4.78, 5) is 0. The van der Waals surface area contributed by atoms with Crippen LogP contribution in [0.1, 0.15) is 19.8 Å². The fourth-order valence-corrected chi connectivity index (χ4v) is 1.16. The smallest absolute Gasteiger partial charge is 0.0879 e. The molecule has 3 heteroatoms. The molecule has 3 nitrogen and oxygen atoms in total. The molecule has 1 atom stereocenters. The van der Waals surface area contributed by atoms with Crippen molar-refractivity contribution in [2.24, 2.45) is 11.5 Å². The van der Waals surface area contributed by atoms with Crippen LogP contribution in [0.25, 0.3) is 0 Å². The maximum atomic E-state index is 5.83. The Labute approximate surface area is 85.1 Å². The van der Waals surface area contributed by atoms with Crippen molar-refractivity contribution in [3.8, 4) is 0 Å². The predicted molar refractivity (Wildman–Crippen MR) is 58.3 cm³/mol. The topological polar surface area (TPSA) is 61.3 Å². The molecule has 1 unspecified atom stereocenters. The van der Waals surface area contributed by atoms with Gasteiger partial charge < -0.3 is 16.2 Å². The van der Waals surface area contributed by atoms with E-state index in [0.717, 1.165) is 25.0 Å². The monoisotopic (exact) mass is 194 g/mol. The van der Waals surface area contributed by atoms with Crippen LogP contribution in [0, 0.1) is 0 Å². The Bertz CT molecular complexity index is 266. The number of nitrogens with two attached hydrogens (primary N) is 2. The third kappa shape index (κ3) is 3.26. The predicted octanol–water partition coefficient (Wildman–Crippen LogP) is 1.43. The lowest BCUT2D eigenvalue weighted by atomic mass is 10.0. The molecule has 14 heavy (non-hydrogen) atoms. The van der Waals surface area contributed by atoms with Crippen LogP contribution in [0.4, 0.5) is 0 Å². The van der Waals surface area contributed by atoms with Gasteiger partial charge in [0.15, 0.2) is 0 Å². The van der Waals surface area contributed by atoms with Gasteiger partial charge in [-0.05, 0) is 18.6 Å². The summed E-state index contributed by atoms with van der Waals surface area (Å²) in [5.41, 5.74) is 13.1. The van der Waals surface area contributed by atoms with Gasteiger partial charge in [0, 0.05) is 11.3 Å². The average molecular weight is 194 g/mol. The van der Waals surface area contributed by atoms with Crippen LogP contribution >= 0.6 is 0 Å². The molecule has 78 valence electrons. The van der Waals surface area contributed by atoms with Crippen LogP contribution in [0.2, 0.25) is 0 Å². The van der Waals surface area contributed by atoms with E-state index in [-0.39, 0.29) is 6.04 Å². The molecule has 0 aromatic heterocycles. The molecule has 1 rings (SSSR count). The molecule has 4 N–H and O–H groups in total. The van der Waals surface area contributed by atoms with Gasteiger partial charge in [-0.2, -0.15) is 0 Å². The molecular weight excluding hydrogens is 176 g/mol. The number of allylic oxidation sites excluding steroid dienone is 1. The quantitative estimate of drug-likeness (QED) is 0.525. The Hall–Kier alpha value is -1.22. The molecule has 0 saturated heterocycles. The zero-order valence-electron chi connectivity index (χ0n) is 8.57. The minimum Gasteiger partial charge on any atom is -0.501 e. The van der Waals surface area contributed by atoms with Crippen molar-refractivity contribution in [2.75, 3.05) is 6.61 Å². The number of ether oxygens (including phenoxy) is 1. The number of rotatable bonds is 4. The van der Waals surface area contributed by atoms with Crippen molar-refractivity contribution >= 4 is 0 Å². The highest BCUT2D eigenvalue weighted by atomic mass is 16.5. The second kappa shape index (κ2) is 5.50. The van der Waals surface area contributed by atoms with E-state index < -0.39 is 0 Å². The molecule has 1 aliphatic carbocycles. The van der Waals surface area contributed by atoms with Gasteiger partial charge in [0.1, 0.15) is 0 Å². The van der Waals surface area contributed by atoms with E-state index in [1.54, 1.807) is 6.26 Å². The molecule has 1 aliphatic rings. The van der Waals surface area contributed by atoms with Crippen LogP contribution in [0.5, 0.6) is 0 Å². The summed E-state index contributed by atoms with van der Waals surface area (Å²) in [7, 11) is 0. The maximum Gasteiger partial charge on any atom is 0.0879 e. The zero-order valence-corrected chi connectivity index (χ0v) is 8.57. The van der Waals surface area contributed by atoms with Crippen LogP contribution in [0.3, 0.4) is 0 Å². The Balaban J connectivity index is 2.42. The van der Waals surface area contributed by atoms with Crippen molar-refractivity contribution in [1.29, 1.82) is 0 Å². The maximum absolute atomic E-state index is 5.83. The van der Waals surface area contributed by atoms with E-state index >= 15 is 0 Å². The highest BCUT2D eigenvalue weighted by Gasteiger charge is 2.08. The summed E-state index contributed by atoms with van der Waals surface area (Å²) in [5.74, 6) is 0. The van der Waals surface area contributed by atoms with Crippen molar-refractivity contribution < 1.29 is 4.74 Å². The second-order valence-electron chi connectivity index (χ2n) is 3.37. The molecule has 0 fully saturated rings. The van der Waals surface area contributed by atoms with Crippen LogP contribution in [-0.2, 0) is 4.74 Å². The van der Waals surface area contributed by atoms with Crippen LogP contribution in [0.15, 0.2) is 35.8 Å². The molecule has 0 heterocycles. The summed E-state index contributed by atoms with van der Waals surface area (Å²) in [6, 6.07) is -0.137. The number of unbranched alkanes of at least 4 members (excludes halogenated alkanes) is 1. The molecule has 0 aromatic rings. The summed E-state index contributed by atoms with van der Waals surface area (Å²) in [5, 5.41) is 0. The van der Waals surface area contributed by atoms with Gasteiger partial charge in [0.05, 0.1) is 18.9 Å². The normalized spacial score (nSPS) is 23.7. The zero-order chi connectivity index (χ0) is 10.4. The summed E-state index contributed by atoms with van der Waals surface area (Å²) in [6.07, 6.45) is 9.47. The third-order valence-electron chi connectivity index (χ3n) is 2.06. The fourth-order valence-electron chi connectivity index (χ4n) is 1.16. The fraction of sp³-hybridized carbons (Fsp3) is 0.455. The molecule has 0 aromatic carbocycles. The Morgan fingerprint density at radius 1 is 1.50 bits per heavy atom. The van der Waals surface area contributed by atoms with E-state index in [4.69, 9.17) is 16.2 Å². The standard InChI is InChI=1S/C11H18N2O/c1-2-3-6-14-8-9-4-5-10(12)7-11(9)13/h4-5,7-8,11H,2-3,6,12-13H2,1H3/b9-8-. The van der Waals surface area contributed by atoms with Crippen molar-refractivity contribution in [3.05, 3.63) is 35.8 Å².